The zero-order chi connectivity index (χ0) is 19.8. The topological polar surface area (TPSA) is 55.8 Å². The number of nitrogens with zero attached hydrogens (tertiary/aromatic N) is 1. The molecule has 2 aromatic rings. The fourth-order valence-electron chi connectivity index (χ4n) is 2.54. The molecule has 27 heavy (non-hydrogen) atoms. The minimum absolute atomic E-state index is 0.100. The minimum atomic E-state index is -0.160. The molecule has 0 radical (unpaired) electrons. The second-order valence-electron chi connectivity index (χ2n) is 6.01. The van der Waals surface area contributed by atoms with E-state index in [-0.39, 0.29) is 11.7 Å². The summed E-state index contributed by atoms with van der Waals surface area (Å²) in [5.41, 5.74) is 1.78. The van der Waals surface area contributed by atoms with Gasteiger partial charge in [-0.1, -0.05) is 18.2 Å². The number of rotatable bonds is 8. The second kappa shape index (κ2) is 9.57. The van der Waals surface area contributed by atoms with Crippen LogP contribution in [0.25, 0.3) is 6.08 Å². The molecule has 0 N–H and O–H groups in total. The highest BCUT2D eigenvalue weighted by Gasteiger charge is 2.11. The van der Waals surface area contributed by atoms with Crippen LogP contribution < -0.4 is 9.47 Å². The van der Waals surface area contributed by atoms with Crippen molar-refractivity contribution in [3.63, 3.8) is 0 Å². The van der Waals surface area contributed by atoms with Crippen molar-refractivity contribution in [3.8, 4) is 11.5 Å². The van der Waals surface area contributed by atoms with E-state index in [1.54, 1.807) is 44.4 Å². The van der Waals surface area contributed by atoms with Gasteiger partial charge in [-0.05, 0) is 50.3 Å². The maximum Gasteiger partial charge on any atom is 0.253 e. The summed E-state index contributed by atoms with van der Waals surface area (Å²) >= 11 is 0. The molecule has 0 aliphatic heterocycles. The highest BCUT2D eigenvalue weighted by molar-refractivity contribution is 6.07. The number of ether oxygens (including phenoxy) is 2. The van der Waals surface area contributed by atoms with Crippen LogP contribution in [0.1, 0.15) is 40.1 Å². The molecule has 0 heterocycles. The number of carbonyl (C=O) groups is 2. The van der Waals surface area contributed by atoms with Gasteiger partial charge in [0.2, 0.25) is 0 Å². The van der Waals surface area contributed by atoms with Gasteiger partial charge in [-0.3, -0.25) is 9.59 Å². The summed E-state index contributed by atoms with van der Waals surface area (Å²) in [4.78, 5) is 25.9. The average Bonchev–Trinajstić information content (AvgIpc) is 2.67. The minimum Gasteiger partial charge on any atom is -0.493 e. The molecule has 1 amide bonds. The van der Waals surface area contributed by atoms with Gasteiger partial charge in [0.15, 0.2) is 5.78 Å². The molecule has 0 unspecified atom stereocenters. The Morgan fingerprint density at radius 1 is 0.889 bits per heavy atom. The molecule has 0 aromatic heterocycles. The van der Waals surface area contributed by atoms with E-state index in [1.807, 2.05) is 32.0 Å². The molecule has 0 aliphatic rings. The van der Waals surface area contributed by atoms with E-state index in [4.69, 9.17) is 9.47 Å². The Balaban J connectivity index is 2.25. The highest BCUT2D eigenvalue weighted by atomic mass is 16.5. The first-order valence-corrected chi connectivity index (χ1v) is 8.90. The Morgan fingerprint density at radius 2 is 1.41 bits per heavy atom. The van der Waals surface area contributed by atoms with Gasteiger partial charge in [-0.25, -0.2) is 0 Å². The van der Waals surface area contributed by atoms with Crippen LogP contribution in [-0.2, 0) is 0 Å². The fraction of sp³-hybridized carbons (Fsp3) is 0.273. The quantitative estimate of drug-likeness (QED) is 0.521. The zero-order valence-corrected chi connectivity index (χ0v) is 16.2. The van der Waals surface area contributed by atoms with E-state index >= 15 is 0 Å². The molecule has 5 heteroatoms. The number of amides is 1. The summed E-state index contributed by atoms with van der Waals surface area (Å²) in [5.74, 6) is 1.07. The van der Waals surface area contributed by atoms with Crippen molar-refractivity contribution >= 4 is 17.8 Å². The lowest BCUT2D eigenvalue weighted by Crippen LogP contribution is -2.21. The van der Waals surface area contributed by atoms with Crippen molar-refractivity contribution in [2.24, 2.45) is 0 Å². The molecule has 0 fully saturated rings. The summed E-state index contributed by atoms with van der Waals surface area (Å²) in [6.45, 7) is 4.85. The maximum atomic E-state index is 12.5. The smallest absolute Gasteiger partial charge is 0.253 e. The van der Waals surface area contributed by atoms with Crippen molar-refractivity contribution < 1.29 is 19.1 Å². The Labute approximate surface area is 160 Å². The van der Waals surface area contributed by atoms with Gasteiger partial charge in [0.05, 0.1) is 18.8 Å². The number of benzene rings is 2. The number of hydrogen-bond donors (Lipinski definition) is 0. The molecule has 142 valence electrons. The van der Waals surface area contributed by atoms with Gasteiger partial charge >= 0.3 is 0 Å². The molecular weight excluding hydrogens is 342 g/mol. The van der Waals surface area contributed by atoms with Gasteiger partial charge in [-0.15, -0.1) is 0 Å². The lowest BCUT2D eigenvalue weighted by molar-refractivity contribution is 0.0827. The van der Waals surface area contributed by atoms with Crippen molar-refractivity contribution in [2.45, 2.75) is 13.8 Å². The van der Waals surface area contributed by atoms with E-state index in [0.717, 1.165) is 5.56 Å². The van der Waals surface area contributed by atoms with Gasteiger partial charge in [0.1, 0.15) is 11.5 Å². The van der Waals surface area contributed by atoms with E-state index in [0.29, 0.717) is 35.8 Å². The third-order valence-corrected chi connectivity index (χ3v) is 3.85. The van der Waals surface area contributed by atoms with Gasteiger partial charge in [0, 0.05) is 25.2 Å². The summed E-state index contributed by atoms with van der Waals surface area (Å²) < 4.78 is 11.3. The molecule has 0 atom stereocenters. The summed E-state index contributed by atoms with van der Waals surface area (Å²) in [6, 6.07) is 12.2. The first kappa shape index (κ1) is 20.2. The van der Waals surface area contributed by atoms with Crippen LogP contribution in [0.5, 0.6) is 11.5 Å². The monoisotopic (exact) mass is 367 g/mol. The van der Waals surface area contributed by atoms with Gasteiger partial charge in [0.25, 0.3) is 5.91 Å². The van der Waals surface area contributed by atoms with Crippen LogP contribution >= 0.6 is 0 Å². The van der Waals surface area contributed by atoms with E-state index < -0.39 is 0 Å². The maximum absolute atomic E-state index is 12.5. The standard InChI is InChI=1S/C22H25NO4/c1-5-26-20-8-7-9-21(27-6-2)18(20)14-15-19(24)16-10-12-17(13-11-16)22(25)23(3)4/h7-15H,5-6H2,1-4H3. The van der Waals surface area contributed by atoms with Crippen molar-refractivity contribution in [3.05, 3.63) is 65.2 Å². The van der Waals surface area contributed by atoms with E-state index in [2.05, 4.69) is 0 Å². The molecule has 2 aromatic carbocycles. The van der Waals surface area contributed by atoms with Crippen LogP contribution in [0.15, 0.2) is 48.5 Å². The normalized spacial score (nSPS) is 10.7. The first-order chi connectivity index (χ1) is 13.0. The SMILES string of the molecule is CCOc1cccc(OCC)c1C=CC(=O)c1ccc(C(=O)N(C)C)cc1. The van der Waals surface area contributed by atoms with Crippen LogP contribution in [0.2, 0.25) is 0 Å². The molecule has 0 saturated carbocycles. The largest absolute Gasteiger partial charge is 0.493 e. The molecular formula is C22H25NO4. The first-order valence-electron chi connectivity index (χ1n) is 8.90. The van der Waals surface area contributed by atoms with Crippen LogP contribution in [-0.4, -0.2) is 43.9 Å². The number of ketones is 1. The Hall–Kier alpha value is -3.08. The lowest BCUT2D eigenvalue weighted by atomic mass is 10.1. The average molecular weight is 367 g/mol. The third kappa shape index (κ3) is 5.20. The summed E-state index contributed by atoms with van der Waals surface area (Å²) in [6.07, 6.45) is 3.19. The van der Waals surface area contributed by atoms with E-state index in [1.165, 1.54) is 11.0 Å². The van der Waals surface area contributed by atoms with Crippen LogP contribution in [0.3, 0.4) is 0 Å². The highest BCUT2D eigenvalue weighted by Crippen LogP contribution is 2.30. The molecule has 2 rings (SSSR count). The number of carbonyl (C=O) groups excluding carboxylic acids is 2. The Morgan fingerprint density at radius 3 is 1.89 bits per heavy atom. The number of allylic oxidation sites excluding steroid dienone is 1. The molecule has 0 spiro atoms. The number of hydrogen-bond acceptors (Lipinski definition) is 4. The zero-order valence-electron chi connectivity index (χ0n) is 16.2. The van der Waals surface area contributed by atoms with Gasteiger partial charge in [-0.2, -0.15) is 0 Å². The molecule has 0 saturated heterocycles. The molecule has 5 nitrogen and oxygen atoms in total. The molecule has 0 bridgehead atoms. The van der Waals surface area contributed by atoms with Crippen molar-refractivity contribution in [1.82, 2.24) is 4.90 Å². The van der Waals surface area contributed by atoms with Crippen LogP contribution in [0.4, 0.5) is 0 Å². The lowest BCUT2D eigenvalue weighted by Gasteiger charge is -2.12. The Kier molecular flexibility index (Phi) is 7.17. The second-order valence-corrected chi connectivity index (χ2v) is 6.01. The van der Waals surface area contributed by atoms with Gasteiger partial charge < -0.3 is 14.4 Å². The predicted molar refractivity (Wildman–Crippen MR) is 107 cm³/mol. The fourth-order valence-corrected chi connectivity index (χ4v) is 2.54. The third-order valence-electron chi connectivity index (χ3n) is 3.85. The van der Waals surface area contributed by atoms with Crippen molar-refractivity contribution in [1.29, 1.82) is 0 Å². The van der Waals surface area contributed by atoms with E-state index in [9.17, 15) is 9.59 Å². The summed E-state index contributed by atoms with van der Waals surface area (Å²) in [7, 11) is 3.38. The van der Waals surface area contributed by atoms with Crippen LogP contribution in [0, 0.1) is 0 Å². The molecule has 0 aliphatic carbocycles. The summed E-state index contributed by atoms with van der Waals surface area (Å²) in [5, 5.41) is 0. The predicted octanol–water partition coefficient (Wildman–Crippen LogP) is 4.08. The Bertz CT molecular complexity index is 798. The van der Waals surface area contributed by atoms with Crippen molar-refractivity contribution in [2.75, 3.05) is 27.3 Å².